The van der Waals surface area contributed by atoms with Crippen LogP contribution in [0.2, 0.25) is 5.02 Å². The summed E-state index contributed by atoms with van der Waals surface area (Å²) >= 11 is 7.06. The van der Waals surface area contributed by atoms with E-state index < -0.39 is 29.4 Å². The van der Waals surface area contributed by atoms with Gasteiger partial charge in [-0.15, -0.1) is 0 Å². The van der Waals surface area contributed by atoms with Crippen LogP contribution in [0.5, 0.6) is 0 Å². The van der Waals surface area contributed by atoms with Gasteiger partial charge < -0.3 is 9.88 Å². The molecule has 4 aromatic carbocycles. The van der Waals surface area contributed by atoms with E-state index in [-0.39, 0.29) is 4.91 Å². The third kappa shape index (κ3) is 4.99. The number of thioether (sulfide) groups is 1. The Morgan fingerprint density at radius 3 is 2.52 bits per heavy atom. The first-order valence-corrected chi connectivity index (χ1v) is 13.6. The van der Waals surface area contributed by atoms with Gasteiger partial charge in [-0.3, -0.25) is 19.3 Å². The number of carbonyl (C=O) groups excluding carboxylic acids is 3. The molecule has 9 heteroatoms. The topological polar surface area (TPSA) is 71.4 Å². The van der Waals surface area contributed by atoms with Crippen molar-refractivity contribution in [1.82, 2.24) is 9.47 Å². The van der Waals surface area contributed by atoms with Gasteiger partial charge in [0.1, 0.15) is 12.4 Å². The first-order chi connectivity index (χ1) is 19.4. The maximum absolute atomic E-state index is 13.5. The second-order valence-corrected chi connectivity index (χ2v) is 10.7. The first kappa shape index (κ1) is 25.9. The number of fused-ring (bicyclic) bond motifs is 2. The molecular formula is C31H21ClFN3O3S. The highest BCUT2D eigenvalue weighted by Crippen LogP contribution is 2.34. The van der Waals surface area contributed by atoms with Gasteiger partial charge in [0.2, 0.25) is 5.91 Å². The zero-order chi connectivity index (χ0) is 27.8. The van der Waals surface area contributed by atoms with Gasteiger partial charge in [0.05, 0.1) is 4.91 Å². The lowest BCUT2D eigenvalue weighted by Gasteiger charge is -2.13. The van der Waals surface area contributed by atoms with Gasteiger partial charge in [0.25, 0.3) is 11.1 Å². The van der Waals surface area contributed by atoms with E-state index in [0.717, 1.165) is 49.5 Å². The summed E-state index contributed by atoms with van der Waals surface area (Å²) in [6.07, 6.45) is 3.53. The molecule has 6 rings (SSSR count). The standard InChI is InChI=1S/C31H21ClFN3O3S/c32-25-15-22(33)13-12-20(25)16-35-17-21(24-9-3-4-11-27(24)35)14-28-30(38)36(31(39)40-28)18-29(37)34-26-10-5-7-19-6-1-2-8-23(19)26/h1-15,17H,16,18H2,(H,34,37)/b28-14-. The molecule has 1 saturated heterocycles. The minimum atomic E-state index is -0.526. The molecule has 0 spiro atoms. The van der Waals surface area contributed by atoms with Crippen molar-refractivity contribution in [3.8, 4) is 0 Å². The zero-order valence-electron chi connectivity index (χ0n) is 20.9. The predicted octanol–water partition coefficient (Wildman–Crippen LogP) is 7.31. The molecule has 40 heavy (non-hydrogen) atoms. The van der Waals surface area contributed by atoms with Gasteiger partial charge in [-0.2, -0.15) is 0 Å². The number of para-hydroxylation sites is 1. The summed E-state index contributed by atoms with van der Waals surface area (Å²) in [5, 5.41) is 5.35. The molecule has 198 valence electrons. The number of amides is 3. The average Bonchev–Trinajstić information content (AvgIpc) is 3.42. The third-order valence-corrected chi connectivity index (χ3v) is 7.96. The molecule has 1 aliphatic heterocycles. The summed E-state index contributed by atoms with van der Waals surface area (Å²) < 4.78 is 15.5. The van der Waals surface area contributed by atoms with Crippen LogP contribution in [-0.4, -0.2) is 33.1 Å². The van der Waals surface area contributed by atoms with Crippen LogP contribution >= 0.6 is 23.4 Å². The van der Waals surface area contributed by atoms with Crippen molar-refractivity contribution < 1.29 is 18.8 Å². The van der Waals surface area contributed by atoms with E-state index >= 15 is 0 Å². The number of anilines is 1. The highest BCUT2D eigenvalue weighted by molar-refractivity contribution is 8.18. The van der Waals surface area contributed by atoms with Gasteiger partial charge in [-0.05, 0) is 53.1 Å². The Morgan fingerprint density at radius 2 is 1.70 bits per heavy atom. The van der Waals surface area contributed by atoms with E-state index in [9.17, 15) is 18.8 Å². The Bertz CT molecular complexity index is 1860. The highest BCUT2D eigenvalue weighted by Gasteiger charge is 2.36. The number of halogens is 2. The molecule has 0 atom stereocenters. The molecule has 2 heterocycles. The largest absolute Gasteiger partial charge is 0.342 e. The van der Waals surface area contributed by atoms with E-state index in [0.29, 0.717) is 17.3 Å². The molecule has 5 aromatic rings. The molecule has 0 saturated carbocycles. The normalized spacial score (nSPS) is 14.6. The number of aromatic nitrogens is 1. The molecule has 0 unspecified atom stereocenters. The van der Waals surface area contributed by atoms with Crippen molar-refractivity contribution in [2.45, 2.75) is 6.54 Å². The summed E-state index contributed by atoms with van der Waals surface area (Å²) in [4.78, 5) is 40.0. The number of hydrogen-bond acceptors (Lipinski definition) is 4. The number of nitrogens with zero attached hydrogens (tertiary/aromatic N) is 2. The number of nitrogens with one attached hydrogen (secondary N) is 1. The minimum absolute atomic E-state index is 0.227. The summed E-state index contributed by atoms with van der Waals surface area (Å²) in [6.45, 7) is -0.000657. The lowest BCUT2D eigenvalue weighted by molar-refractivity contribution is -0.127. The van der Waals surface area contributed by atoms with Crippen molar-refractivity contribution in [2.75, 3.05) is 11.9 Å². The summed E-state index contributed by atoms with van der Waals surface area (Å²) in [7, 11) is 0. The zero-order valence-corrected chi connectivity index (χ0v) is 22.5. The predicted molar refractivity (Wildman–Crippen MR) is 158 cm³/mol. The Hall–Kier alpha value is -4.40. The fraction of sp³-hybridized carbons (Fsp3) is 0.0645. The Morgan fingerprint density at radius 1 is 0.950 bits per heavy atom. The smallest absolute Gasteiger partial charge is 0.294 e. The lowest BCUT2D eigenvalue weighted by Crippen LogP contribution is -2.36. The lowest BCUT2D eigenvalue weighted by atomic mass is 10.1. The molecule has 1 fully saturated rings. The second kappa shape index (κ2) is 10.6. The van der Waals surface area contributed by atoms with Crippen LogP contribution in [0, 0.1) is 5.82 Å². The molecule has 0 aliphatic carbocycles. The monoisotopic (exact) mass is 569 g/mol. The number of rotatable bonds is 6. The van der Waals surface area contributed by atoms with Crippen LogP contribution < -0.4 is 5.32 Å². The van der Waals surface area contributed by atoms with Crippen molar-refractivity contribution >= 4 is 73.9 Å². The van der Waals surface area contributed by atoms with Gasteiger partial charge in [0, 0.05) is 45.3 Å². The molecule has 6 nitrogen and oxygen atoms in total. The summed E-state index contributed by atoms with van der Waals surface area (Å²) in [5.74, 6) is -1.40. The average molecular weight is 570 g/mol. The van der Waals surface area contributed by atoms with Crippen LogP contribution in [0.4, 0.5) is 14.9 Å². The Kier molecular flexibility index (Phi) is 6.88. The van der Waals surface area contributed by atoms with E-state index in [1.54, 1.807) is 18.2 Å². The Labute approximate surface area is 238 Å². The van der Waals surface area contributed by atoms with Crippen LogP contribution in [-0.2, 0) is 16.1 Å². The quantitative estimate of drug-likeness (QED) is 0.218. The fourth-order valence-electron chi connectivity index (χ4n) is 4.80. The van der Waals surface area contributed by atoms with Gasteiger partial charge in [-0.25, -0.2) is 4.39 Å². The molecule has 1 aliphatic rings. The highest BCUT2D eigenvalue weighted by atomic mass is 35.5. The second-order valence-electron chi connectivity index (χ2n) is 9.31. The van der Waals surface area contributed by atoms with Crippen LogP contribution in [0.15, 0.2) is 96.0 Å². The molecule has 1 N–H and O–H groups in total. The van der Waals surface area contributed by atoms with Crippen molar-refractivity contribution in [2.24, 2.45) is 0 Å². The molecule has 0 radical (unpaired) electrons. The van der Waals surface area contributed by atoms with Crippen molar-refractivity contribution in [1.29, 1.82) is 0 Å². The van der Waals surface area contributed by atoms with Gasteiger partial charge >= 0.3 is 0 Å². The fourth-order valence-corrected chi connectivity index (χ4v) is 5.86. The maximum Gasteiger partial charge on any atom is 0.294 e. The van der Waals surface area contributed by atoms with E-state index in [1.807, 2.05) is 71.4 Å². The Balaban J connectivity index is 1.24. The summed E-state index contributed by atoms with van der Waals surface area (Å²) in [6, 6.07) is 25.1. The van der Waals surface area contributed by atoms with E-state index in [1.165, 1.54) is 12.1 Å². The minimum Gasteiger partial charge on any atom is -0.342 e. The van der Waals surface area contributed by atoms with Crippen LogP contribution in [0.3, 0.4) is 0 Å². The maximum atomic E-state index is 13.5. The summed E-state index contributed by atoms with van der Waals surface area (Å²) in [5.41, 5.74) is 2.98. The van der Waals surface area contributed by atoms with Crippen molar-refractivity contribution in [3.05, 3.63) is 118 Å². The van der Waals surface area contributed by atoms with E-state index in [4.69, 9.17) is 11.6 Å². The number of benzene rings is 4. The number of hydrogen-bond donors (Lipinski definition) is 1. The number of imide groups is 1. The van der Waals surface area contributed by atoms with Gasteiger partial charge in [-0.1, -0.05) is 72.3 Å². The van der Waals surface area contributed by atoms with Crippen molar-refractivity contribution in [3.63, 3.8) is 0 Å². The third-order valence-electron chi connectivity index (χ3n) is 6.70. The van der Waals surface area contributed by atoms with Gasteiger partial charge in [0.15, 0.2) is 0 Å². The van der Waals surface area contributed by atoms with E-state index in [2.05, 4.69) is 5.32 Å². The first-order valence-electron chi connectivity index (χ1n) is 12.4. The molecule has 0 bridgehead atoms. The molecule has 3 amide bonds. The number of carbonyl (C=O) groups is 3. The van der Waals surface area contributed by atoms with Crippen LogP contribution in [0.1, 0.15) is 11.1 Å². The molecule has 1 aromatic heterocycles. The molecular weight excluding hydrogens is 549 g/mol. The SMILES string of the molecule is O=C(CN1C(=O)S/C(=C\c2cn(Cc3ccc(F)cc3Cl)c3ccccc23)C1=O)Nc1cccc2ccccc12. The van der Waals surface area contributed by atoms with Crippen LogP contribution in [0.25, 0.3) is 27.8 Å².